The molecule has 0 radical (unpaired) electrons. The van der Waals surface area contributed by atoms with Gasteiger partial charge in [-0.3, -0.25) is 15.2 Å². The summed E-state index contributed by atoms with van der Waals surface area (Å²) in [6.07, 6.45) is 6.04. The molecule has 1 fully saturated rings. The van der Waals surface area contributed by atoms with Crippen LogP contribution in [0.5, 0.6) is 11.5 Å². The number of nitrogens with two attached hydrogens (primary N) is 3. The van der Waals surface area contributed by atoms with Gasteiger partial charge in [-0.1, -0.05) is 6.07 Å². The van der Waals surface area contributed by atoms with Gasteiger partial charge in [0, 0.05) is 47.5 Å². The summed E-state index contributed by atoms with van der Waals surface area (Å²) in [6.45, 7) is 3.26. The van der Waals surface area contributed by atoms with Crippen LogP contribution in [0.2, 0.25) is 0 Å². The van der Waals surface area contributed by atoms with Crippen LogP contribution in [0, 0.1) is 6.92 Å². The number of likely N-dealkylation sites (tertiary alicyclic amines) is 1. The summed E-state index contributed by atoms with van der Waals surface area (Å²) in [4.78, 5) is 27.6. The highest BCUT2D eigenvalue weighted by atomic mass is 16.7. The number of hydrogen-bond donors (Lipinski definition) is 3. The number of nitrogen functional groups attached to an aromatic ring is 1. The molecular weight excluding hydrogens is 498 g/mol. The molecule has 0 unspecified atom stereocenters. The Morgan fingerprint density at radius 3 is 2.64 bits per heavy atom. The summed E-state index contributed by atoms with van der Waals surface area (Å²) >= 11 is 0. The van der Waals surface area contributed by atoms with E-state index in [1.54, 1.807) is 15.6 Å². The lowest BCUT2D eigenvalue weighted by Crippen LogP contribution is -2.45. The Bertz CT molecular complexity index is 1620. The summed E-state index contributed by atoms with van der Waals surface area (Å²) in [5, 5.41) is 9.78. The number of rotatable bonds is 4. The molecule has 12 nitrogen and oxygen atoms in total. The number of carbonyl (C=O) groups is 1. The number of anilines is 1. The van der Waals surface area contributed by atoms with Gasteiger partial charge in [0.1, 0.15) is 5.82 Å². The molecule has 0 bridgehead atoms. The predicted octanol–water partition coefficient (Wildman–Crippen LogP) is 0.928. The molecule has 0 atom stereocenters. The Morgan fingerprint density at radius 2 is 1.90 bits per heavy atom. The predicted molar refractivity (Wildman–Crippen MR) is 145 cm³/mol. The van der Waals surface area contributed by atoms with Gasteiger partial charge < -0.3 is 25.8 Å². The van der Waals surface area contributed by atoms with Gasteiger partial charge in [0.05, 0.1) is 17.6 Å². The van der Waals surface area contributed by atoms with Crippen LogP contribution in [-0.2, 0) is 4.79 Å². The molecule has 0 aliphatic carbocycles. The van der Waals surface area contributed by atoms with E-state index in [1.807, 2.05) is 43.5 Å². The number of pyridine rings is 1. The lowest BCUT2D eigenvalue weighted by atomic mass is 9.90. The highest BCUT2D eigenvalue weighted by Crippen LogP contribution is 2.37. The van der Waals surface area contributed by atoms with E-state index in [-0.39, 0.29) is 24.5 Å². The third-order valence-corrected chi connectivity index (χ3v) is 7.31. The average Bonchev–Trinajstić information content (AvgIpc) is 3.62. The number of nitrogens with zero attached hydrogens (tertiary/aromatic N) is 6. The first-order chi connectivity index (χ1) is 18.9. The molecule has 4 aromatic rings. The Kier molecular flexibility index (Phi) is 6.06. The maximum Gasteiger partial charge on any atom is 0.315 e. The van der Waals surface area contributed by atoms with E-state index in [0.29, 0.717) is 30.3 Å². The number of piperidine rings is 1. The molecule has 2 aliphatic heterocycles. The lowest BCUT2D eigenvalue weighted by molar-refractivity contribution is -0.125. The molecule has 5 heterocycles. The molecule has 1 aromatic carbocycles. The third kappa shape index (κ3) is 4.29. The summed E-state index contributed by atoms with van der Waals surface area (Å²) in [7, 11) is 0. The van der Waals surface area contributed by atoms with Crippen LogP contribution >= 0.6 is 0 Å². The van der Waals surface area contributed by atoms with Crippen LogP contribution < -0.4 is 26.4 Å². The standard InChI is InChI=1S/C27H27N9O3/c1-15-23(16-6-8-35(9-7-16)27(37)24(29)32-13-28)34-26-19(12-33-36(26)25(15)30)18-2-4-20(31-11-18)17-3-5-21-22(10-17)39-14-38-21/h2-5,10-13,16H,6-9,14,30H2,1H3,(H3,28,29,32)/p+1. The number of aromatic nitrogens is 4. The Balaban J connectivity index is 1.27. The second-order valence-electron chi connectivity index (χ2n) is 9.53. The molecule has 1 saturated heterocycles. The normalized spacial score (nSPS) is 15.6. The quantitative estimate of drug-likeness (QED) is 0.260. The van der Waals surface area contributed by atoms with Crippen molar-refractivity contribution >= 4 is 29.5 Å². The highest BCUT2D eigenvalue weighted by Gasteiger charge is 2.30. The largest absolute Gasteiger partial charge is 0.454 e. The van der Waals surface area contributed by atoms with E-state index < -0.39 is 0 Å². The van der Waals surface area contributed by atoms with Crippen molar-refractivity contribution in [2.24, 2.45) is 10.7 Å². The number of carbonyl (C=O) groups excluding carboxylic acids is 1. The van der Waals surface area contributed by atoms with Gasteiger partial charge in [0.25, 0.3) is 6.34 Å². The number of aliphatic imine (C=N–C) groups is 1. The van der Waals surface area contributed by atoms with Crippen LogP contribution in [0.3, 0.4) is 0 Å². The lowest BCUT2D eigenvalue weighted by Gasteiger charge is -2.31. The number of fused-ring (bicyclic) bond motifs is 2. The smallest absolute Gasteiger partial charge is 0.315 e. The van der Waals surface area contributed by atoms with Crippen molar-refractivity contribution < 1.29 is 19.7 Å². The molecule has 2 aliphatic rings. The van der Waals surface area contributed by atoms with Gasteiger partial charge >= 0.3 is 11.7 Å². The molecule has 198 valence electrons. The minimum absolute atomic E-state index is 0.113. The molecule has 0 spiro atoms. The van der Waals surface area contributed by atoms with Gasteiger partial charge in [-0.2, -0.15) is 9.61 Å². The van der Waals surface area contributed by atoms with Crippen LogP contribution in [0.1, 0.15) is 30.0 Å². The molecule has 39 heavy (non-hydrogen) atoms. The number of amidine groups is 1. The van der Waals surface area contributed by atoms with Crippen molar-refractivity contribution in [1.29, 1.82) is 0 Å². The monoisotopic (exact) mass is 526 g/mol. The first-order valence-electron chi connectivity index (χ1n) is 12.6. The second-order valence-corrected chi connectivity index (χ2v) is 9.53. The van der Waals surface area contributed by atoms with E-state index >= 15 is 0 Å². The van der Waals surface area contributed by atoms with E-state index in [0.717, 1.165) is 58.6 Å². The van der Waals surface area contributed by atoms with Crippen LogP contribution in [0.15, 0.2) is 47.7 Å². The van der Waals surface area contributed by atoms with Crippen molar-refractivity contribution in [3.05, 3.63) is 54.0 Å². The molecule has 0 saturated carbocycles. The van der Waals surface area contributed by atoms with E-state index in [4.69, 9.17) is 31.3 Å². The van der Waals surface area contributed by atoms with Crippen molar-refractivity contribution in [3.63, 3.8) is 0 Å². The van der Waals surface area contributed by atoms with E-state index in [2.05, 4.69) is 15.1 Å². The molecule has 1 amide bonds. The van der Waals surface area contributed by atoms with Gasteiger partial charge in [-0.25, -0.2) is 4.98 Å². The Morgan fingerprint density at radius 1 is 1.13 bits per heavy atom. The summed E-state index contributed by atoms with van der Waals surface area (Å²) < 4.78 is 12.6. The minimum Gasteiger partial charge on any atom is -0.454 e. The Hall–Kier alpha value is -5.00. The molecule has 6 N–H and O–H groups in total. The van der Waals surface area contributed by atoms with Crippen molar-refractivity contribution in [2.45, 2.75) is 25.7 Å². The SMILES string of the molecule is Cc1c(C2CCN(C(=O)C(N)=NC=[NH2+])CC2)nc2c(-c3ccc(-c4ccc5c(c4)OCO5)nc3)cnn2c1N. The number of hydrogen-bond acceptors (Lipinski definition) is 7. The van der Waals surface area contributed by atoms with Crippen LogP contribution in [-0.4, -0.2) is 62.4 Å². The molecule has 3 aromatic heterocycles. The molecule has 12 heteroatoms. The first kappa shape index (κ1) is 24.3. The third-order valence-electron chi connectivity index (χ3n) is 7.31. The average molecular weight is 527 g/mol. The van der Waals surface area contributed by atoms with Gasteiger partial charge in [-0.05, 0) is 49.0 Å². The van der Waals surface area contributed by atoms with Crippen molar-refractivity contribution in [1.82, 2.24) is 24.5 Å². The number of amides is 1. The zero-order chi connectivity index (χ0) is 27.1. The van der Waals surface area contributed by atoms with Crippen LogP contribution in [0.25, 0.3) is 28.0 Å². The molecule has 6 rings (SSSR count). The minimum atomic E-state index is -0.315. The zero-order valence-corrected chi connectivity index (χ0v) is 21.4. The zero-order valence-electron chi connectivity index (χ0n) is 21.4. The second kappa shape index (κ2) is 9.71. The fraction of sp³-hybridized carbons (Fsp3) is 0.259. The fourth-order valence-electron chi connectivity index (χ4n) is 5.15. The van der Waals surface area contributed by atoms with E-state index in [1.165, 1.54) is 0 Å². The summed E-state index contributed by atoms with van der Waals surface area (Å²) in [6, 6.07) is 9.72. The summed E-state index contributed by atoms with van der Waals surface area (Å²) in [5.41, 5.74) is 18.2. The van der Waals surface area contributed by atoms with Crippen molar-refractivity contribution in [3.8, 4) is 33.9 Å². The maximum absolute atomic E-state index is 12.5. The van der Waals surface area contributed by atoms with Gasteiger partial charge in [0.2, 0.25) is 6.79 Å². The van der Waals surface area contributed by atoms with Crippen LogP contribution in [0.4, 0.5) is 5.82 Å². The number of ether oxygens (including phenoxy) is 2. The maximum atomic E-state index is 12.5. The Labute approximate surface area is 223 Å². The summed E-state index contributed by atoms with van der Waals surface area (Å²) in [5.74, 6) is 1.69. The topological polar surface area (TPSA) is 172 Å². The highest BCUT2D eigenvalue weighted by molar-refractivity contribution is 6.38. The van der Waals surface area contributed by atoms with E-state index in [9.17, 15) is 4.79 Å². The fourth-order valence-corrected chi connectivity index (χ4v) is 5.15. The number of benzene rings is 1. The molecular formula is C27H28N9O3+. The van der Waals surface area contributed by atoms with Gasteiger partial charge in [-0.15, -0.1) is 0 Å². The first-order valence-corrected chi connectivity index (χ1v) is 12.6. The van der Waals surface area contributed by atoms with Crippen molar-refractivity contribution in [2.75, 3.05) is 25.6 Å². The van der Waals surface area contributed by atoms with Gasteiger partial charge in [0.15, 0.2) is 17.1 Å².